The molecule has 0 bridgehead atoms. The van der Waals surface area contributed by atoms with E-state index in [1.165, 1.54) is 0 Å². The summed E-state index contributed by atoms with van der Waals surface area (Å²) in [5, 5.41) is 31.8. The maximum atomic E-state index is 11.1. The van der Waals surface area contributed by atoms with Crippen LogP contribution in [0.15, 0.2) is 12.1 Å². The Morgan fingerprint density at radius 3 is 1.56 bits per heavy atom. The zero-order valence-corrected chi connectivity index (χ0v) is 8.56. The van der Waals surface area contributed by atoms with Gasteiger partial charge in [-0.25, -0.2) is 0 Å². The van der Waals surface area contributed by atoms with Gasteiger partial charge in [-0.3, -0.25) is 35.1 Å². The number of hydrogen-bond acceptors (Lipinski definition) is 7. The summed E-state index contributed by atoms with van der Waals surface area (Å²) in [4.78, 5) is 39.6. The molecule has 1 aromatic rings. The van der Waals surface area contributed by atoms with E-state index in [2.05, 4.69) is 6.92 Å². The minimum absolute atomic E-state index is 0.478. The smallest absolute Gasteiger partial charge is 0.294 e. The van der Waals surface area contributed by atoms with E-state index in [1.54, 1.807) is 0 Å². The van der Waals surface area contributed by atoms with Crippen molar-refractivity contribution in [3.63, 3.8) is 0 Å². The van der Waals surface area contributed by atoms with Gasteiger partial charge in [0.15, 0.2) is 11.3 Å². The van der Waals surface area contributed by atoms with Crippen LogP contribution in [0.3, 0.4) is 0 Å². The fraction of sp³-hybridized carbons (Fsp3) is 0. The lowest BCUT2D eigenvalue weighted by molar-refractivity contribution is -0.403. The van der Waals surface area contributed by atoms with E-state index >= 15 is 0 Å². The number of carbonyl (C=O) groups is 1. The molecule has 1 aromatic carbocycles. The normalized spacial score (nSPS) is 9.83. The molecular weight excluding hydrogens is 250 g/mol. The number of nitro groups is 3. The fourth-order valence-corrected chi connectivity index (χ4v) is 1.28. The summed E-state index contributed by atoms with van der Waals surface area (Å²) in [6.45, 7) is 2.85. The summed E-state index contributed by atoms with van der Waals surface area (Å²) < 4.78 is 0. The first-order valence-corrected chi connectivity index (χ1v) is 4.23. The van der Waals surface area contributed by atoms with Crippen LogP contribution in [0.5, 0.6) is 0 Å². The van der Waals surface area contributed by atoms with Crippen molar-refractivity contribution in [1.29, 1.82) is 0 Å². The summed E-state index contributed by atoms with van der Waals surface area (Å²) in [5.41, 5.74) is -3.75. The minimum Gasteiger partial charge on any atom is -0.294 e. The highest BCUT2D eigenvalue weighted by atomic mass is 16.6. The SMILES string of the molecule is [CH2]C(=O)c1c([N+](=O)[O-])cc([N+](=O)[O-])cc1[N+](=O)[O-]. The Kier molecular flexibility index (Phi) is 3.31. The Labute approximate surface area is 98.3 Å². The Bertz CT molecular complexity index is 545. The number of nitro benzene ring substituents is 3. The van der Waals surface area contributed by atoms with E-state index < -0.39 is 43.2 Å². The fourth-order valence-electron chi connectivity index (χ4n) is 1.28. The predicted molar refractivity (Wildman–Crippen MR) is 56.1 cm³/mol. The van der Waals surface area contributed by atoms with Gasteiger partial charge in [0, 0.05) is 6.92 Å². The standard InChI is InChI=1S/C8H4N3O7/c1-4(12)8-6(10(15)16)2-5(9(13)14)3-7(8)11(17)18/h2-3H,1H2. The summed E-state index contributed by atoms with van der Waals surface area (Å²) in [6, 6.07) is 0.955. The van der Waals surface area contributed by atoms with Crippen molar-refractivity contribution in [2.45, 2.75) is 0 Å². The van der Waals surface area contributed by atoms with Crippen LogP contribution in [-0.2, 0) is 0 Å². The molecule has 0 aliphatic rings. The molecule has 1 rings (SSSR count). The molecule has 0 saturated carbocycles. The molecule has 0 saturated heterocycles. The average molecular weight is 254 g/mol. The molecule has 0 unspecified atom stereocenters. The molecule has 0 fully saturated rings. The summed E-state index contributed by atoms with van der Waals surface area (Å²) in [5.74, 6) is -1.16. The molecule has 10 heteroatoms. The van der Waals surface area contributed by atoms with Crippen LogP contribution in [0.25, 0.3) is 0 Å². The number of carbonyl (C=O) groups excluding carboxylic acids is 1. The molecule has 0 aromatic heterocycles. The van der Waals surface area contributed by atoms with Gasteiger partial charge in [-0.05, 0) is 0 Å². The molecule has 0 amide bonds. The zero-order chi connectivity index (χ0) is 14.0. The first-order chi connectivity index (χ1) is 8.25. The number of benzene rings is 1. The highest BCUT2D eigenvalue weighted by Crippen LogP contribution is 2.33. The minimum atomic E-state index is -1.16. The first kappa shape index (κ1) is 13.2. The molecule has 0 aliphatic heterocycles. The largest absolute Gasteiger partial charge is 0.294 e. The van der Waals surface area contributed by atoms with Crippen molar-refractivity contribution in [2.75, 3.05) is 0 Å². The molecule has 10 nitrogen and oxygen atoms in total. The van der Waals surface area contributed by atoms with Crippen LogP contribution in [-0.4, -0.2) is 20.6 Å². The second-order valence-electron chi connectivity index (χ2n) is 3.05. The van der Waals surface area contributed by atoms with Gasteiger partial charge in [0.1, 0.15) is 0 Å². The zero-order valence-electron chi connectivity index (χ0n) is 8.56. The third kappa shape index (κ3) is 2.26. The van der Waals surface area contributed by atoms with Crippen LogP contribution in [0.2, 0.25) is 0 Å². The summed E-state index contributed by atoms with van der Waals surface area (Å²) in [6.07, 6.45) is 0. The quantitative estimate of drug-likeness (QED) is 0.448. The van der Waals surface area contributed by atoms with Crippen LogP contribution >= 0.6 is 0 Å². The Morgan fingerprint density at radius 1 is 0.944 bits per heavy atom. The van der Waals surface area contributed by atoms with E-state index in [0.29, 0.717) is 12.1 Å². The monoisotopic (exact) mass is 254 g/mol. The number of Topliss-reactive ketones (excluding diaryl/α,β-unsaturated/α-hetero) is 1. The van der Waals surface area contributed by atoms with Crippen LogP contribution < -0.4 is 0 Å². The van der Waals surface area contributed by atoms with Gasteiger partial charge in [-0.1, -0.05) is 0 Å². The maximum absolute atomic E-state index is 11.1. The number of hydrogen-bond donors (Lipinski definition) is 0. The van der Waals surface area contributed by atoms with Gasteiger partial charge in [0.05, 0.1) is 26.9 Å². The number of nitrogens with zero attached hydrogens (tertiary/aromatic N) is 3. The lowest BCUT2D eigenvalue weighted by atomic mass is 10.1. The predicted octanol–water partition coefficient (Wildman–Crippen LogP) is 1.43. The van der Waals surface area contributed by atoms with E-state index in [0.717, 1.165) is 0 Å². The van der Waals surface area contributed by atoms with Crippen LogP contribution in [0, 0.1) is 37.3 Å². The Morgan fingerprint density at radius 2 is 1.33 bits per heavy atom. The van der Waals surface area contributed by atoms with Gasteiger partial charge in [0.25, 0.3) is 17.1 Å². The van der Waals surface area contributed by atoms with Crippen molar-refractivity contribution in [1.82, 2.24) is 0 Å². The topological polar surface area (TPSA) is 146 Å². The third-order valence-corrected chi connectivity index (χ3v) is 1.96. The molecule has 0 spiro atoms. The van der Waals surface area contributed by atoms with Crippen molar-refractivity contribution in [3.8, 4) is 0 Å². The van der Waals surface area contributed by atoms with E-state index in [-0.39, 0.29) is 0 Å². The van der Waals surface area contributed by atoms with Crippen molar-refractivity contribution >= 4 is 22.8 Å². The van der Waals surface area contributed by atoms with Gasteiger partial charge in [-0.2, -0.15) is 0 Å². The van der Waals surface area contributed by atoms with E-state index in [9.17, 15) is 35.1 Å². The molecule has 0 atom stereocenters. The molecule has 93 valence electrons. The summed E-state index contributed by atoms with van der Waals surface area (Å²) in [7, 11) is 0. The second-order valence-corrected chi connectivity index (χ2v) is 3.05. The molecule has 18 heavy (non-hydrogen) atoms. The van der Waals surface area contributed by atoms with E-state index in [1.807, 2.05) is 0 Å². The summed E-state index contributed by atoms with van der Waals surface area (Å²) >= 11 is 0. The van der Waals surface area contributed by atoms with Gasteiger partial charge in [0.2, 0.25) is 0 Å². The van der Waals surface area contributed by atoms with E-state index in [4.69, 9.17) is 0 Å². The molecule has 0 aliphatic carbocycles. The van der Waals surface area contributed by atoms with Crippen LogP contribution in [0.1, 0.15) is 10.4 Å². The number of ketones is 1. The average Bonchev–Trinajstić information content (AvgIpc) is 2.26. The van der Waals surface area contributed by atoms with Crippen molar-refractivity contribution in [3.05, 3.63) is 55.0 Å². The number of rotatable bonds is 4. The maximum Gasteiger partial charge on any atom is 0.294 e. The van der Waals surface area contributed by atoms with Crippen LogP contribution in [0.4, 0.5) is 17.1 Å². The van der Waals surface area contributed by atoms with Gasteiger partial charge < -0.3 is 0 Å². The first-order valence-electron chi connectivity index (χ1n) is 4.23. The van der Waals surface area contributed by atoms with Crippen molar-refractivity contribution in [2.24, 2.45) is 0 Å². The highest BCUT2D eigenvalue weighted by molar-refractivity contribution is 6.06. The Balaban J connectivity index is 3.76. The Hall–Kier alpha value is -2.91. The molecule has 1 radical (unpaired) electrons. The molecule has 0 heterocycles. The number of non-ortho nitro benzene ring substituents is 1. The third-order valence-electron chi connectivity index (χ3n) is 1.96. The lowest BCUT2D eigenvalue weighted by Crippen LogP contribution is -2.06. The van der Waals surface area contributed by atoms with Crippen molar-refractivity contribution < 1.29 is 19.6 Å². The van der Waals surface area contributed by atoms with Gasteiger partial charge >= 0.3 is 0 Å². The molecular formula is C8H4N3O7. The highest BCUT2D eigenvalue weighted by Gasteiger charge is 2.32. The molecule has 0 N–H and O–H groups in total. The second kappa shape index (κ2) is 4.53. The lowest BCUT2D eigenvalue weighted by Gasteiger charge is -2.00. The van der Waals surface area contributed by atoms with Gasteiger partial charge in [-0.15, -0.1) is 0 Å².